The highest BCUT2D eigenvalue weighted by atomic mass is 79.9. The van der Waals surface area contributed by atoms with Gasteiger partial charge in [-0.2, -0.15) is 0 Å². The van der Waals surface area contributed by atoms with Gasteiger partial charge in [0.25, 0.3) is 5.69 Å². The second-order valence-electron chi connectivity index (χ2n) is 2.72. The first-order valence-corrected chi connectivity index (χ1v) is 5.15. The Morgan fingerprint density at radius 3 is 2.38 bits per heavy atom. The minimum absolute atomic E-state index is 0.155. The molecule has 70 valence electrons. The topological polar surface area (TPSA) is 43.1 Å². The predicted octanol–water partition coefficient (Wildman–Crippen LogP) is 2.92. The molecule has 0 fully saturated rings. The first-order chi connectivity index (χ1) is 6.24. The summed E-state index contributed by atoms with van der Waals surface area (Å²) in [6.07, 6.45) is 2.01. The van der Waals surface area contributed by atoms with Crippen molar-refractivity contribution in [2.24, 2.45) is 0 Å². The number of hydrogen-bond acceptors (Lipinski definition) is 2. The number of nitro benzene ring substituents is 1. The summed E-state index contributed by atoms with van der Waals surface area (Å²) in [5.74, 6) is 0. The van der Waals surface area contributed by atoms with Gasteiger partial charge in [-0.05, 0) is 18.4 Å². The van der Waals surface area contributed by atoms with Crippen molar-refractivity contribution in [1.29, 1.82) is 0 Å². The molecule has 0 amide bonds. The van der Waals surface area contributed by atoms with Crippen molar-refractivity contribution in [3.05, 3.63) is 39.9 Å². The zero-order valence-electron chi connectivity index (χ0n) is 7.07. The summed E-state index contributed by atoms with van der Waals surface area (Å²) >= 11 is 3.34. The zero-order valence-corrected chi connectivity index (χ0v) is 8.66. The van der Waals surface area contributed by atoms with Gasteiger partial charge in [0.2, 0.25) is 0 Å². The van der Waals surface area contributed by atoms with Crippen LogP contribution in [0.1, 0.15) is 12.0 Å². The Morgan fingerprint density at radius 2 is 1.92 bits per heavy atom. The van der Waals surface area contributed by atoms with Crippen molar-refractivity contribution in [3.63, 3.8) is 0 Å². The van der Waals surface area contributed by atoms with Gasteiger partial charge in [0, 0.05) is 17.5 Å². The van der Waals surface area contributed by atoms with Crippen LogP contribution >= 0.6 is 15.9 Å². The maximum Gasteiger partial charge on any atom is 0.269 e. The number of halogens is 1. The molecule has 0 saturated heterocycles. The van der Waals surface area contributed by atoms with Crippen LogP contribution in [0.15, 0.2) is 24.3 Å². The maximum absolute atomic E-state index is 10.3. The average molecular weight is 244 g/mol. The first-order valence-electron chi connectivity index (χ1n) is 4.03. The van der Waals surface area contributed by atoms with E-state index in [1.54, 1.807) is 24.3 Å². The summed E-state index contributed by atoms with van der Waals surface area (Å²) in [6, 6.07) is 6.70. The Balaban J connectivity index is 2.64. The summed E-state index contributed by atoms with van der Waals surface area (Å²) in [4.78, 5) is 9.94. The molecule has 0 unspecified atom stereocenters. The van der Waals surface area contributed by atoms with Gasteiger partial charge in [0.15, 0.2) is 0 Å². The largest absolute Gasteiger partial charge is 0.269 e. The number of rotatable bonds is 4. The predicted molar refractivity (Wildman–Crippen MR) is 55.2 cm³/mol. The minimum Gasteiger partial charge on any atom is -0.258 e. The quantitative estimate of drug-likeness (QED) is 0.464. The average Bonchev–Trinajstić information content (AvgIpc) is 2.15. The molecule has 1 rings (SSSR count). The Bertz CT molecular complexity index is 284. The van der Waals surface area contributed by atoms with Gasteiger partial charge in [0.05, 0.1) is 4.92 Å². The molecule has 1 aromatic carbocycles. The molecule has 0 spiro atoms. The fourth-order valence-electron chi connectivity index (χ4n) is 1.06. The lowest BCUT2D eigenvalue weighted by molar-refractivity contribution is -0.384. The number of benzene rings is 1. The minimum atomic E-state index is -0.381. The van der Waals surface area contributed by atoms with E-state index in [0.717, 1.165) is 23.7 Å². The standard InChI is InChI=1S/C9H10BrNO2/c10-7-1-2-8-3-5-9(6-4-8)11(12)13/h3-6H,1-2,7H2. The SMILES string of the molecule is O=[N+]([O-])c1ccc(CCCBr)cc1. The van der Waals surface area contributed by atoms with Crippen LogP contribution in [0.3, 0.4) is 0 Å². The highest BCUT2D eigenvalue weighted by Gasteiger charge is 2.02. The van der Waals surface area contributed by atoms with E-state index in [9.17, 15) is 10.1 Å². The van der Waals surface area contributed by atoms with E-state index in [4.69, 9.17) is 0 Å². The molecule has 1 aromatic rings. The van der Waals surface area contributed by atoms with E-state index >= 15 is 0 Å². The van der Waals surface area contributed by atoms with Crippen molar-refractivity contribution >= 4 is 21.6 Å². The molecule has 13 heavy (non-hydrogen) atoms. The molecule has 4 heteroatoms. The number of aryl methyl sites for hydroxylation is 1. The Labute approximate surface area is 85.0 Å². The first kappa shape index (κ1) is 10.2. The molecule has 0 radical (unpaired) electrons. The summed E-state index contributed by atoms with van der Waals surface area (Å²) < 4.78 is 0. The van der Waals surface area contributed by atoms with Crippen LogP contribution in [0.2, 0.25) is 0 Å². The van der Waals surface area contributed by atoms with Crippen LogP contribution in [-0.2, 0) is 6.42 Å². The van der Waals surface area contributed by atoms with Crippen molar-refractivity contribution in [2.45, 2.75) is 12.8 Å². The summed E-state index contributed by atoms with van der Waals surface area (Å²) in [7, 11) is 0. The van der Waals surface area contributed by atoms with Crippen molar-refractivity contribution in [1.82, 2.24) is 0 Å². The van der Waals surface area contributed by atoms with E-state index in [1.807, 2.05) is 0 Å². The van der Waals surface area contributed by atoms with Crippen LogP contribution in [0.25, 0.3) is 0 Å². The molecule has 0 N–H and O–H groups in total. The van der Waals surface area contributed by atoms with Crippen LogP contribution in [-0.4, -0.2) is 10.3 Å². The fraction of sp³-hybridized carbons (Fsp3) is 0.333. The lowest BCUT2D eigenvalue weighted by Crippen LogP contribution is -1.89. The highest BCUT2D eigenvalue weighted by molar-refractivity contribution is 9.09. The van der Waals surface area contributed by atoms with E-state index in [2.05, 4.69) is 15.9 Å². The van der Waals surface area contributed by atoms with Crippen LogP contribution in [0.4, 0.5) is 5.69 Å². The molecule has 0 aliphatic rings. The lowest BCUT2D eigenvalue weighted by atomic mass is 10.1. The van der Waals surface area contributed by atoms with Gasteiger partial charge >= 0.3 is 0 Å². The number of hydrogen-bond donors (Lipinski definition) is 0. The Hall–Kier alpha value is -0.900. The Kier molecular flexibility index (Phi) is 3.89. The molecule has 0 atom stereocenters. The lowest BCUT2D eigenvalue weighted by Gasteiger charge is -1.97. The summed E-state index contributed by atoms with van der Waals surface area (Å²) in [6.45, 7) is 0. The number of nitro groups is 1. The second-order valence-corrected chi connectivity index (χ2v) is 3.51. The molecule has 0 heterocycles. The zero-order chi connectivity index (χ0) is 9.68. The van der Waals surface area contributed by atoms with Gasteiger partial charge in [-0.3, -0.25) is 10.1 Å². The maximum atomic E-state index is 10.3. The summed E-state index contributed by atoms with van der Waals surface area (Å²) in [5.41, 5.74) is 1.30. The Morgan fingerprint density at radius 1 is 1.31 bits per heavy atom. The number of nitrogens with zero attached hydrogens (tertiary/aromatic N) is 1. The normalized spacial score (nSPS) is 9.92. The molecule has 3 nitrogen and oxygen atoms in total. The van der Waals surface area contributed by atoms with E-state index in [1.165, 1.54) is 0 Å². The number of non-ortho nitro benzene ring substituents is 1. The number of alkyl halides is 1. The third-order valence-corrected chi connectivity index (χ3v) is 2.31. The van der Waals surface area contributed by atoms with Crippen molar-refractivity contribution in [2.75, 3.05) is 5.33 Å². The molecular formula is C9H10BrNO2. The van der Waals surface area contributed by atoms with Gasteiger partial charge < -0.3 is 0 Å². The molecule has 0 aliphatic carbocycles. The fourth-order valence-corrected chi connectivity index (χ4v) is 1.34. The van der Waals surface area contributed by atoms with Gasteiger partial charge in [-0.25, -0.2) is 0 Å². The second kappa shape index (κ2) is 4.97. The molecule has 0 aliphatic heterocycles. The highest BCUT2D eigenvalue weighted by Crippen LogP contribution is 2.13. The third-order valence-electron chi connectivity index (χ3n) is 1.75. The summed E-state index contributed by atoms with van der Waals surface area (Å²) in [5, 5.41) is 11.3. The van der Waals surface area contributed by atoms with Gasteiger partial charge in [-0.1, -0.05) is 28.1 Å². The van der Waals surface area contributed by atoms with E-state index < -0.39 is 0 Å². The smallest absolute Gasteiger partial charge is 0.258 e. The van der Waals surface area contributed by atoms with Crippen LogP contribution in [0.5, 0.6) is 0 Å². The molecule has 0 aromatic heterocycles. The third kappa shape index (κ3) is 3.14. The molecule has 0 bridgehead atoms. The van der Waals surface area contributed by atoms with Crippen molar-refractivity contribution in [3.8, 4) is 0 Å². The van der Waals surface area contributed by atoms with Crippen LogP contribution in [0, 0.1) is 10.1 Å². The van der Waals surface area contributed by atoms with Crippen LogP contribution < -0.4 is 0 Å². The van der Waals surface area contributed by atoms with Crippen molar-refractivity contribution < 1.29 is 4.92 Å². The van der Waals surface area contributed by atoms with Gasteiger partial charge in [-0.15, -0.1) is 0 Å². The van der Waals surface area contributed by atoms with E-state index in [0.29, 0.717) is 0 Å². The van der Waals surface area contributed by atoms with Gasteiger partial charge in [0.1, 0.15) is 0 Å². The molecule has 0 saturated carbocycles. The van der Waals surface area contributed by atoms with E-state index in [-0.39, 0.29) is 10.6 Å². The monoisotopic (exact) mass is 243 g/mol. The molecular weight excluding hydrogens is 234 g/mol.